The van der Waals surface area contributed by atoms with E-state index in [0.717, 1.165) is 12.8 Å². The number of carbonyl (C=O) groups is 1. The van der Waals surface area contributed by atoms with Crippen LogP contribution in [0.25, 0.3) is 0 Å². The first kappa shape index (κ1) is 9.71. The van der Waals surface area contributed by atoms with Gasteiger partial charge in [-0.25, -0.2) is 0 Å². The van der Waals surface area contributed by atoms with E-state index in [1.807, 2.05) is 0 Å². The molecule has 1 amide bonds. The van der Waals surface area contributed by atoms with Gasteiger partial charge in [0.15, 0.2) is 0 Å². The fraction of sp³-hybridized carbons (Fsp3) is 0.778. The van der Waals surface area contributed by atoms with Crippen LogP contribution >= 0.6 is 0 Å². The van der Waals surface area contributed by atoms with Crippen molar-refractivity contribution in [3.8, 4) is 0 Å². The van der Waals surface area contributed by atoms with E-state index in [-0.39, 0.29) is 17.8 Å². The SMILES string of the molecule is Cn1nnc(NC(=O)C2CC3CCC2N3)n1. The molecular formula is C9H14N6O. The van der Waals surface area contributed by atoms with E-state index >= 15 is 0 Å². The number of nitrogens with one attached hydrogen (secondary N) is 2. The van der Waals surface area contributed by atoms with Crippen molar-refractivity contribution in [2.45, 2.75) is 31.3 Å². The molecule has 0 spiro atoms. The molecule has 7 heteroatoms. The van der Waals surface area contributed by atoms with Crippen LogP contribution in [0.15, 0.2) is 0 Å². The third kappa shape index (κ3) is 1.57. The summed E-state index contributed by atoms with van der Waals surface area (Å²) in [5, 5.41) is 17.5. The highest BCUT2D eigenvalue weighted by Gasteiger charge is 2.42. The van der Waals surface area contributed by atoms with E-state index in [1.165, 1.54) is 11.2 Å². The van der Waals surface area contributed by atoms with Crippen LogP contribution in [-0.2, 0) is 11.8 Å². The van der Waals surface area contributed by atoms with E-state index in [9.17, 15) is 4.79 Å². The standard InChI is InChI=1S/C9H14N6O/c1-15-13-9(12-14-15)11-8(16)6-4-5-2-3-7(6)10-5/h5-7,10H,2-4H2,1H3,(H,11,13,16). The predicted molar refractivity (Wildman–Crippen MR) is 55.5 cm³/mol. The first-order valence-corrected chi connectivity index (χ1v) is 5.53. The zero-order valence-corrected chi connectivity index (χ0v) is 9.05. The van der Waals surface area contributed by atoms with Crippen LogP contribution in [0.4, 0.5) is 5.95 Å². The second-order valence-corrected chi connectivity index (χ2v) is 4.48. The summed E-state index contributed by atoms with van der Waals surface area (Å²) in [5.74, 6) is 0.352. The van der Waals surface area contributed by atoms with Crippen LogP contribution in [0.1, 0.15) is 19.3 Å². The minimum atomic E-state index is 0.00713. The summed E-state index contributed by atoms with van der Waals surface area (Å²) in [6, 6.07) is 0.859. The van der Waals surface area contributed by atoms with Gasteiger partial charge in [0, 0.05) is 12.1 Å². The number of hydrogen-bond acceptors (Lipinski definition) is 5. The summed E-state index contributed by atoms with van der Waals surface area (Å²) < 4.78 is 0. The molecule has 0 radical (unpaired) electrons. The van der Waals surface area contributed by atoms with Crippen molar-refractivity contribution in [1.82, 2.24) is 25.5 Å². The lowest BCUT2D eigenvalue weighted by Gasteiger charge is -2.17. The number of hydrogen-bond donors (Lipinski definition) is 2. The maximum Gasteiger partial charge on any atom is 0.270 e. The Morgan fingerprint density at radius 2 is 2.44 bits per heavy atom. The van der Waals surface area contributed by atoms with Crippen LogP contribution in [0.5, 0.6) is 0 Å². The molecule has 2 aliphatic heterocycles. The van der Waals surface area contributed by atoms with Gasteiger partial charge in [0.2, 0.25) is 5.91 Å². The molecule has 2 aliphatic rings. The molecule has 1 aromatic rings. The summed E-state index contributed by atoms with van der Waals surface area (Å²) in [6.45, 7) is 0. The quantitative estimate of drug-likeness (QED) is 0.690. The van der Waals surface area contributed by atoms with Crippen molar-refractivity contribution < 1.29 is 4.79 Å². The highest BCUT2D eigenvalue weighted by atomic mass is 16.2. The van der Waals surface area contributed by atoms with Gasteiger partial charge in [-0.3, -0.25) is 10.1 Å². The number of anilines is 1. The number of amides is 1. The predicted octanol–water partition coefficient (Wildman–Crippen LogP) is -0.711. The lowest BCUT2D eigenvalue weighted by Crippen LogP contribution is -2.33. The molecule has 16 heavy (non-hydrogen) atoms. The maximum atomic E-state index is 11.9. The third-order valence-electron chi connectivity index (χ3n) is 3.38. The summed E-state index contributed by atoms with van der Waals surface area (Å²) in [5.41, 5.74) is 0. The van der Waals surface area contributed by atoms with E-state index in [0.29, 0.717) is 12.1 Å². The monoisotopic (exact) mass is 222 g/mol. The van der Waals surface area contributed by atoms with E-state index in [4.69, 9.17) is 0 Å². The Labute approximate surface area is 92.6 Å². The van der Waals surface area contributed by atoms with Crippen molar-refractivity contribution in [3.05, 3.63) is 0 Å². The van der Waals surface area contributed by atoms with Crippen LogP contribution in [0, 0.1) is 5.92 Å². The number of aryl methyl sites for hydroxylation is 1. The normalized spacial score (nSPS) is 31.9. The van der Waals surface area contributed by atoms with Crippen molar-refractivity contribution >= 4 is 11.9 Å². The van der Waals surface area contributed by atoms with Gasteiger partial charge in [0.05, 0.1) is 13.0 Å². The van der Waals surface area contributed by atoms with Crippen LogP contribution < -0.4 is 10.6 Å². The molecule has 3 atom stereocenters. The van der Waals surface area contributed by atoms with Gasteiger partial charge < -0.3 is 5.32 Å². The first-order chi connectivity index (χ1) is 7.72. The van der Waals surface area contributed by atoms with Gasteiger partial charge >= 0.3 is 0 Å². The number of carbonyl (C=O) groups excluding carboxylic acids is 1. The summed E-state index contributed by atoms with van der Waals surface area (Å²) in [7, 11) is 1.67. The lowest BCUT2D eigenvalue weighted by atomic mass is 9.88. The number of fused-ring (bicyclic) bond motifs is 2. The fourth-order valence-electron chi connectivity index (χ4n) is 2.65. The molecule has 1 aromatic heterocycles. The minimum absolute atomic E-state index is 0.00713. The van der Waals surface area contributed by atoms with Gasteiger partial charge in [-0.15, -0.1) is 5.10 Å². The summed E-state index contributed by atoms with van der Waals surface area (Å²) in [4.78, 5) is 13.3. The fourth-order valence-corrected chi connectivity index (χ4v) is 2.65. The van der Waals surface area contributed by atoms with E-state index in [2.05, 4.69) is 26.0 Å². The van der Waals surface area contributed by atoms with E-state index < -0.39 is 0 Å². The van der Waals surface area contributed by atoms with Crippen molar-refractivity contribution in [1.29, 1.82) is 0 Å². The van der Waals surface area contributed by atoms with Crippen molar-refractivity contribution in [3.63, 3.8) is 0 Å². The average Bonchev–Trinajstić information content (AvgIpc) is 2.93. The molecule has 2 N–H and O–H groups in total. The largest absolute Gasteiger partial charge is 0.310 e. The summed E-state index contributed by atoms with van der Waals surface area (Å²) >= 11 is 0. The molecule has 0 aliphatic carbocycles. The zero-order valence-electron chi connectivity index (χ0n) is 9.05. The molecule has 7 nitrogen and oxygen atoms in total. The molecule has 0 aromatic carbocycles. The third-order valence-corrected chi connectivity index (χ3v) is 3.38. The maximum absolute atomic E-state index is 11.9. The molecule has 3 heterocycles. The first-order valence-electron chi connectivity index (χ1n) is 5.53. The number of rotatable bonds is 2. The Kier molecular flexibility index (Phi) is 2.13. The Balaban J connectivity index is 1.65. The Hall–Kier alpha value is -1.50. The van der Waals surface area contributed by atoms with Crippen molar-refractivity contribution in [2.24, 2.45) is 13.0 Å². The second-order valence-electron chi connectivity index (χ2n) is 4.48. The van der Waals surface area contributed by atoms with Gasteiger partial charge in [0.25, 0.3) is 5.95 Å². The van der Waals surface area contributed by atoms with Crippen LogP contribution in [0.2, 0.25) is 0 Å². The van der Waals surface area contributed by atoms with Crippen molar-refractivity contribution in [2.75, 3.05) is 5.32 Å². The molecule has 86 valence electrons. The minimum Gasteiger partial charge on any atom is -0.310 e. The Morgan fingerprint density at radius 1 is 1.56 bits per heavy atom. The Bertz CT molecular complexity index is 416. The van der Waals surface area contributed by atoms with Gasteiger partial charge in [-0.1, -0.05) is 5.10 Å². The second kappa shape index (κ2) is 3.51. The molecule has 3 rings (SSSR count). The zero-order chi connectivity index (χ0) is 11.1. The molecule has 2 saturated heterocycles. The average molecular weight is 222 g/mol. The molecule has 2 bridgehead atoms. The molecule has 2 fully saturated rings. The highest BCUT2D eigenvalue weighted by Crippen LogP contribution is 2.33. The van der Waals surface area contributed by atoms with E-state index in [1.54, 1.807) is 7.05 Å². The van der Waals surface area contributed by atoms with Gasteiger partial charge in [0.1, 0.15) is 0 Å². The highest BCUT2D eigenvalue weighted by molar-refractivity contribution is 5.91. The Morgan fingerprint density at radius 3 is 3.00 bits per heavy atom. The molecular weight excluding hydrogens is 208 g/mol. The van der Waals surface area contributed by atoms with Gasteiger partial charge in [-0.05, 0) is 24.5 Å². The number of aromatic nitrogens is 4. The summed E-state index contributed by atoms with van der Waals surface area (Å²) in [6.07, 6.45) is 3.21. The molecule has 3 unspecified atom stereocenters. The number of nitrogens with zero attached hydrogens (tertiary/aromatic N) is 4. The lowest BCUT2D eigenvalue weighted by molar-refractivity contribution is -0.120. The van der Waals surface area contributed by atoms with Crippen LogP contribution in [-0.4, -0.2) is 38.2 Å². The smallest absolute Gasteiger partial charge is 0.270 e. The van der Waals surface area contributed by atoms with Crippen LogP contribution in [0.3, 0.4) is 0 Å². The molecule has 0 saturated carbocycles. The topological polar surface area (TPSA) is 84.7 Å². The number of tetrazole rings is 1. The van der Waals surface area contributed by atoms with Gasteiger partial charge in [-0.2, -0.15) is 4.80 Å².